The average Bonchev–Trinajstić information content (AvgIpc) is 3.03. The number of para-hydroxylation sites is 1. The van der Waals surface area contributed by atoms with Gasteiger partial charge in [0.05, 0.1) is 29.1 Å². The van der Waals surface area contributed by atoms with Crippen molar-refractivity contribution in [2.45, 2.75) is 37.8 Å². The number of hydrogen-bond donors (Lipinski definition) is 0. The minimum atomic E-state index is -0.170. The van der Waals surface area contributed by atoms with Gasteiger partial charge >= 0.3 is 0 Å². The van der Waals surface area contributed by atoms with E-state index in [9.17, 15) is 5.26 Å². The molecule has 0 bridgehead atoms. The number of benzene rings is 1. The number of hydrogen-bond acceptors (Lipinski definition) is 3. The fourth-order valence-corrected chi connectivity index (χ4v) is 3.06. The molecule has 104 valence electrons. The second-order valence-electron chi connectivity index (χ2n) is 5.43. The molecule has 0 amide bonds. The molecule has 0 radical (unpaired) electrons. The van der Waals surface area contributed by atoms with E-state index in [0.717, 1.165) is 42.9 Å². The highest BCUT2D eigenvalue weighted by atomic mass is 35.5. The van der Waals surface area contributed by atoms with Crippen molar-refractivity contribution < 1.29 is 4.74 Å². The Balaban J connectivity index is 2.11. The van der Waals surface area contributed by atoms with E-state index >= 15 is 0 Å². The summed E-state index contributed by atoms with van der Waals surface area (Å²) in [4.78, 5) is 4.53. The van der Waals surface area contributed by atoms with Gasteiger partial charge in [0.2, 0.25) is 0 Å². The summed E-state index contributed by atoms with van der Waals surface area (Å²) in [6, 6.07) is 7.84. The molecule has 1 aliphatic heterocycles. The molecule has 0 spiro atoms. The van der Waals surface area contributed by atoms with Crippen LogP contribution in [0.3, 0.4) is 0 Å². The van der Waals surface area contributed by atoms with Crippen molar-refractivity contribution in [1.82, 2.24) is 9.55 Å². The van der Waals surface area contributed by atoms with Crippen molar-refractivity contribution in [2.75, 3.05) is 6.61 Å². The molecule has 1 saturated heterocycles. The van der Waals surface area contributed by atoms with Crippen molar-refractivity contribution in [3.8, 4) is 6.07 Å². The van der Waals surface area contributed by atoms with Crippen LogP contribution in [0.15, 0.2) is 18.2 Å². The lowest BCUT2D eigenvalue weighted by atomic mass is 10.0. The Labute approximate surface area is 122 Å². The molecule has 0 N–H and O–H groups in total. The number of aromatic nitrogens is 2. The lowest BCUT2D eigenvalue weighted by Gasteiger charge is -2.24. The highest BCUT2D eigenvalue weighted by molar-refractivity contribution is 6.16. The van der Waals surface area contributed by atoms with Gasteiger partial charge in [0.1, 0.15) is 17.4 Å². The molecule has 4 nitrogen and oxygen atoms in total. The number of nitriles is 1. The number of imidazole rings is 1. The molecule has 1 unspecified atom stereocenters. The Morgan fingerprint density at radius 2 is 2.40 bits per heavy atom. The van der Waals surface area contributed by atoms with Crippen LogP contribution in [-0.2, 0) is 17.2 Å². The molecular formula is C15H16ClN3O. The highest BCUT2D eigenvalue weighted by Gasteiger charge is 2.31. The van der Waals surface area contributed by atoms with Gasteiger partial charge in [-0.25, -0.2) is 4.98 Å². The lowest BCUT2D eigenvalue weighted by molar-refractivity contribution is 0.00661. The number of fused-ring (bicyclic) bond motifs is 1. The van der Waals surface area contributed by atoms with Crippen molar-refractivity contribution in [1.29, 1.82) is 5.26 Å². The topological polar surface area (TPSA) is 50.8 Å². The van der Waals surface area contributed by atoms with Crippen molar-refractivity contribution in [3.05, 3.63) is 29.6 Å². The fourth-order valence-electron chi connectivity index (χ4n) is 2.86. The molecule has 1 fully saturated rings. The third-order valence-corrected chi connectivity index (χ3v) is 4.13. The molecular weight excluding hydrogens is 274 g/mol. The predicted octanol–water partition coefficient (Wildman–Crippen LogP) is 3.22. The molecule has 1 atom stereocenters. The monoisotopic (exact) mass is 289 g/mol. The second-order valence-corrected chi connectivity index (χ2v) is 5.70. The van der Waals surface area contributed by atoms with E-state index in [-0.39, 0.29) is 5.60 Å². The second kappa shape index (κ2) is 5.08. The molecule has 1 aromatic heterocycles. The van der Waals surface area contributed by atoms with Gasteiger partial charge in [0.15, 0.2) is 0 Å². The Bertz CT molecular complexity index is 680. The largest absolute Gasteiger partial charge is 0.373 e. The number of nitrogens with zero attached hydrogens (tertiary/aromatic N) is 3. The summed E-state index contributed by atoms with van der Waals surface area (Å²) in [5.41, 5.74) is 2.10. The normalized spacial score (nSPS) is 22.2. The van der Waals surface area contributed by atoms with Crippen LogP contribution in [0.1, 0.15) is 31.2 Å². The maximum Gasteiger partial charge on any atom is 0.125 e. The third-order valence-electron chi connectivity index (χ3n) is 3.89. The summed E-state index contributed by atoms with van der Waals surface area (Å²) < 4.78 is 7.95. The van der Waals surface area contributed by atoms with Crippen LogP contribution in [0.2, 0.25) is 0 Å². The van der Waals surface area contributed by atoms with E-state index in [1.165, 1.54) is 0 Å². The first kappa shape index (κ1) is 13.4. The minimum Gasteiger partial charge on any atom is -0.373 e. The van der Waals surface area contributed by atoms with Gasteiger partial charge in [-0.2, -0.15) is 5.26 Å². The van der Waals surface area contributed by atoms with E-state index in [1.807, 2.05) is 12.1 Å². The first-order chi connectivity index (χ1) is 9.67. The summed E-state index contributed by atoms with van der Waals surface area (Å²) in [5.74, 6) is 1.12. The zero-order valence-corrected chi connectivity index (χ0v) is 12.2. The van der Waals surface area contributed by atoms with Crippen LogP contribution in [0.25, 0.3) is 11.0 Å². The molecule has 1 aromatic carbocycles. The maximum atomic E-state index is 9.19. The average molecular weight is 290 g/mol. The van der Waals surface area contributed by atoms with Gasteiger partial charge in [-0.1, -0.05) is 6.07 Å². The first-order valence-corrected chi connectivity index (χ1v) is 7.28. The number of ether oxygens (including phenoxy) is 1. The SMILES string of the molecule is CC1(Cn2c(CCl)nc3c(C#N)cccc32)CCCO1. The van der Waals surface area contributed by atoms with E-state index in [1.54, 1.807) is 6.07 Å². The summed E-state index contributed by atoms with van der Waals surface area (Å²) >= 11 is 6.02. The molecule has 2 aromatic rings. The Morgan fingerprint density at radius 1 is 1.55 bits per heavy atom. The predicted molar refractivity (Wildman–Crippen MR) is 77.6 cm³/mol. The Hall–Kier alpha value is -1.57. The number of halogens is 1. The molecule has 5 heteroatoms. The van der Waals surface area contributed by atoms with Crippen LogP contribution >= 0.6 is 11.6 Å². The zero-order valence-electron chi connectivity index (χ0n) is 11.4. The van der Waals surface area contributed by atoms with E-state index < -0.39 is 0 Å². The highest BCUT2D eigenvalue weighted by Crippen LogP contribution is 2.30. The van der Waals surface area contributed by atoms with E-state index in [0.29, 0.717) is 11.4 Å². The van der Waals surface area contributed by atoms with Crippen LogP contribution in [0.4, 0.5) is 0 Å². The smallest absolute Gasteiger partial charge is 0.125 e. The standard InChI is InChI=1S/C15H16ClN3O/c1-15(6-3-7-20-15)10-19-12-5-2-4-11(9-17)14(12)18-13(19)8-16/h2,4-5H,3,6-8,10H2,1H3. The molecule has 0 saturated carbocycles. The van der Waals surface area contributed by atoms with Crippen molar-refractivity contribution in [2.24, 2.45) is 0 Å². The summed E-state index contributed by atoms with van der Waals surface area (Å²) in [5, 5.41) is 9.19. The van der Waals surface area contributed by atoms with Gasteiger partial charge in [-0.15, -0.1) is 11.6 Å². The fraction of sp³-hybridized carbons (Fsp3) is 0.467. The lowest BCUT2D eigenvalue weighted by Crippen LogP contribution is -2.30. The molecule has 0 aliphatic carbocycles. The van der Waals surface area contributed by atoms with Gasteiger partial charge in [-0.3, -0.25) is 0 Å². The van der Waals surface area contributed by atoms with Gasteiger partial charge in [0.25, 0.3) is 0 Å². The van der Waals surface area contributed by atoms with E-state index in [2.05, 4.69) is 22.5 Å². The van der Waals surface area contributed by atoms with Crippen LogP contribution < -0.4 is 0 Å². The number of rotatable bonds is 3. The summed E-state index contributed by atoms with van der Waals surface area (Å²) in [7, 11) is 0. The van der Waals surface area contributed by atoms with Crippen LogP contribution in [0, 0.1) is 11.3 Å². The van der Waals surface area contributed by atoms with Gasteiger partial charge < -0.3 is 9.30 Å². The Kier molecular flexibility index (Phi) is 3.41. The molecule has 1 aliphatic rings. The van der Waals surface area contributed by atoms with Crippen LogP contribution in [0.5, 0.6) is 0 Å². The van der Waals surface area contributed by atoms with Crippen molar-refractivity contribution in [3.63, 3.8) is 0 Å². The van der Waals surface area contributed by atoms with Gasteiger partial charge in [-0.05, 0) is 31.9 Å². The summed E-state index contributed by atoms with van der Waals surface area (Å²) in [6.45, 7) is 3.65. The van der Waals surface area contributed by atoms with Gasteiger partial charge in [0, 0.05) is 6.61 Å². The third kappa shape index (κ3) is 2.17. The summed E-state index contributed by atoms with van der Waals surface area (Å²) in [6.07, 6.45) is 2.12. The minimum absolute atomic E-state index is 0.170. The van der Waals surface area contributed by atoms with Crippen molar-refractivity contribution >= 4 is 22.6 Å². The first-order valence-electron chi connectivity index (χ1n) is 6.75. The molecule has 20 heavy (non-hydrogen) atoms. The van der Waals surface area contributed by atoms with E-state index in [4.69, 9.17) is 16.3 Å². The Morgan fingerprint density at radius 3 is 3.05 bits per heavy atom. The van der Waals surface area contributed by atoms with Crippen LogP contribution in [-0.4, -0.2) is 21.8 Å². The zero-order chi connectivity index (χ0) is 14.2. The number of alkyl halides is 1. The quantitative estimate of drug-likeness (QED) is 0.815. The molecule has 2 heterocycles. The molecule has 3 rings (SSSR count). The maximum absolute atomic E-state index is 9.19.